The first-order chi connectivity index (χ1) is 7.08. The summed E-state index contributed by atoms with van der Waals surface area (Å²) >= 11 is 0. The molecular weight excluding hydrogens is 212 g/mol. The monoisotopic (exact) mass is 232 g/mol. The van der Waals surface area contributed by atoms with Crippen LogP contribution in [0.15, 0.2) is 0 Å². The van der Waals surface area contributed by atoms with Crippen molar-refractivity contribution in [2.45, 2.75) is 31.3 Å². The Bertz CT molecular complexity index is 309. The van der Waals surface area contributed by atoms with Crippen LogP contribution in [0.4, 0.5) is 0 Å². The van der Waals surface area contributed by atoms with Crippen LogP contribution < -0.4 is 5.32 Å². The van der Waals surface area contributed by atoms with Crippen LogP contribution in [0.5, 0.6) is 0 Å². The van der Waals surface area contributed by atoms with Gasteiger partial charge in [0.25, 0.3) is 0 Å². The summed E-state index contributed by atoms with van der Waals surface area (Å²) in [6.45, 7) is 2.11. The third kappa shape index (κ3) is 2.71. The molecule has 0 aromatic rings. The molecule has 0 aromatic heterocycles. The van der Waals surface area contributed by atoms with E-state index in [1.807, 2.05) is 0 Å². The molecule has 88 valence electrons. The Morgan fingerprint density at radius 1 is 1.27 bits per heavy atom. The van der Waals surface area contributed by atoms with Crippen molar-refractivity contribution in [3.63, 3.8) is 0 Å². The first kappa shape index (κ1) is 11.4. The molecule has 0 radical (unpaired) electrons. The molecule has 2 aliphatic heterocycles. The van der Waals surface area contributed by atoms with Gasteiger partial charge in [-0.05, 0) is 32.9 Å². The van der Waals surface area contributed by atoms with Crippen LogP contribution in [-0.4, -0.2) is 57.0 Å². The summed E-state index contributed by atoms with van der Waals surface area (Å²) in [5.41, 5.74) is 0. The fourth-order valence-corrected chi connectivity index (χ4v) is 4.36. The van der Waals surface area contributed by atoms with Crippen molar-refractivity contribution in [3.8, 4) is 0 Å². The maximum absolute atomic E-state index is 11.4. The molecule has 15 heavy (non-hydrogen) atoms. The van der Waals surface area contributed by atoms with Gasteiger partial charge in [-0.15, -0.1) is 0 Å². The van der Waals surface area contributed by atoms with E-state index >= 15 is 0 Å². The highest BCUT2D eigenvalue weighted by atomic mass is 32.2. The van der Waals surface area contributed by atoms with Crippen molar-refractivity contribution >= 4 is 9.84 Å². The molecule has 0 aliphatic carbocycles. The maximum Gasteiger partial charge on any atom is 0.151 e. The number of likely N-dealkylation sites (N-methyl/N-ethyl adjacent to an activating group) is 1. The minimum atomic E-state index is -2.74. The van der Waals surface area contributed by atoms with Gasteiger partial charge in [-0.3, -0.25) is 4.90 Å². The Morgan fingerprint density at radius 2 is 2.07 bits per heavy atom. The van der Waals surface area contributed by atoms with Crippen LogP contribution in [0.1, 0.15) is 19.3 Å². The zero-order valence-electron chi connectivity index (χ0n) is 9.28. The molecule has 2 unspecified atom stereocenters. The van der Waals surface area contributed by atoms with E-state index in [4.69, 9.17) is 0 Å². The summed E-state index contributed by atoms with van der Waals surface area (Å²) in [5.74, 6) is 0.738. The van der Waals surface area contributed by atoms with Crippen LogP contribution in [0.25, 0.3) is 0 Å². The molecular formula is C10H20N2O2S. The summed E-state index contributed by atoms with van der Waals surface area (Å²) in [5, 5.41) is 3.37. The van der Waals surface area contributed by atoms with Gasteiger partial charge in [0, 0.05) is 18.6 Å². The van der Waals surface area contributed by atoms with Gasteiger partial charge >= 0.3 is 0 Å². The lowest BCUT2D eigenvalue weighted by Crippen LogP contribution is -2.48. The summed E-state index contributed by atoms with van der Waals surface area (Å²) < 4.78 is 22.8. The second-order valence-electron chi connectivity index (χ2n) is 4.72. The van der Waals surface area contributed by atoms with E-state index in [0.717, 1.165) is 19.5 Å². The first-order valence-corrected chi connectivity index (χ1v) is 7.54. The number of piperidine rings is 1. The van der Waals surface area contributed by atoms with Gasteiger partial charge in [0.1, 0.15) is 0 Å². The van der Waals surface area contributed by atoms with E-state index in [1.54, 1.807) is 0 Å². The van der Waals surface area contributed by atoms with Crippen molar-refractivity contribution < 1.29 is 8.42 Å². The van der Waals surface area contributed by atoms with Crippen molar-refractivity contribution in [2.24, 2.45) is 0 Å². The van der Waals surface area contributed by atoms with Gasteiger partial charge < -0.3 is 5.32 Å². The van der Waals surface area contributed by atoms with Crippen molar-refractivity contribution in [1.29, 1.82) is 0 Å². The number of nitrogens with one attached hydrogen (secondary N) is 1. The average Bonchev–Trinajstić information content (AvgIpc) is 2.59. The van der Waals surface area contributed by atoms with Crippen LogP contribution in [-0.2, 0) is 9.84 Å². The summed E-state index contributed by atoms with van der Waals surface area (Å²) in [6, 6.07) is 0.775. The molecule has 2 rings (SSSR count). The highest BCUT2D eigenvalue weighted by Gasteiger charge is 2.33. The smallest absolute Gasteiger partial charge is 0.151 e. The molecule has 0 spiro atoms. The van der Waals surface area contributed by atoms with E-state index in [1.165, 1.54) is 12.8 Å². The molecule has 2 saturated heterocycles. The van der Waals surface area contributed by atoms with Gasteiger partial charge in [-0.1, -0.05) is 0 Å². The molecule has 5 heteroatoms. The van der Waals surface area contributed by atoms with Crippen LogP contribution in [0.3, 0.4) is 0 Å². The Morgan fingerprint density at radius 3 is 2.60 bits per heavy atom. The molecule has 4 nitrogen and oxygen atoms in total. The van der Waals surface area contributed by atoms with Crippen molar-refractivity contribution in [1.82, 2.24) is 10.2 Å². The van der Waals surface area contributed by atoms with Crippen LogP contribution in [0.2, 0.25) is 0 Å². The SMILES string of the molecule is CN(C1CCCNC1)C1CCS(=O)(=O)C1. The van der Waals surface area contributed by atoms with Gasteiger partial charge in [0.15, 0.2) is 9.84 Å². The minimum absolute atomic E-state index is 0.250. The number of nitrogens with zero attached hydrogens (tertiary/aromatic N) is 1. The predicted molar refractivity (Wildman–Crippen MR) is 60.7 cm³/mol. The lowest BCUT2D eigenvalue weighted by Gasteiger charge is -2.35. The number of rotatable bonds is 2. The predicted octanol–water partition coefficient (Wildman–Crippen LogP) is -0.143. The first-order valence-electron chi connectivity index (χ1n) is 5.71. The lowest BCUT2D eigenvalue weighted by atomic mass is 10.0. The van der Waals surface area contributed by atoms with Gasteiger partial charge in [0.05, 0.1) is 11.5 Å². The highest BCUT2D eigenvalue weighted by molar-refractivity contribution is 7.91. The van der Waals surface area contributed by atoms with E-state index in [-0.39, 0.29) is 6.04 Å². The Hall–Kier alpha value is -0.130. The normalized spacial score (nSPS) is 35.9. The number of sulfone groups is 1. The number of hydrogen-bond donors (Lipinski definition) is 1. The summed E-state index contributed by atoms with van der Waals surface area (Å²) in [6.07, 6.45) is 3.21. The van der Waals surface area contributed by atoms with E-state index in [2.05, 4.69) is 17.3 Å². The highest BCUT2D eigenvalue weighted by Crippen LogP contribution is 2.20. The zero-order chi connectivity index (χ0) is 10.9. The molecule has 1 N–H and O–H groups in total. The fraction of sp³-hybridized carbons (Fsp3) is 1.00. The largest absolute Gasteiger partial charge is 0.315 e. The minimum Gasteiger partial charge on any atom is -0.315 e. The van der Waals surface area contributed by atoms with E-state index in [9.17, 15) is 8.42 Å². The van der Waals surface area contributed by atoms with Crippen LogP contribution >= 0.6 is 0 Å². The Balaban J connectivity index is 1.93. The topological polar surface area (TPSA) is 49.4 Å². The maximum atomic E-state index is 11.4. The number of hydrogen-bond acceptors (Lipinski definition) is 4. The second-order valence-corrected chi connectivity index (χ2v) is 6.95. The second kappa shape index (κ2) is 4.39. The van der Waals surface area contributed by atoms with Crippen LogP contribution in [0, 0.1) is 0 Å². The van der Waals surface area contributed by atoms with Gasteiger partial charge in [-0.2, -0.15) is 0 Å². The third-order valence-corrected chi connectivity index (χ3v) is 5.38. The van der Waals surface area contributed by atoms with Crippen molar-refractivity contribution in [3.05, 3.63) is 0 Å². The van der Waals surface area contributed by atoms with Gasteiger partial charge in [0.2, 0.25) is 0 Å². The zero-order valence-corrected chi connectivity index (χ0v) is 10.1. The molecule has 2 heterocycles. The summed E-state index contributed by atoms with van der Waals surface area (Å²) in [7, 11) is -0.669. The molecule has 2 aliphatic rings. The molecule has 0 saturated carbocycles. The quantitative estimate of drug-likeness (QED) is 0.720. The van der Waals surface area contributed by atoms with Crippen molar-refractivity contribution in [2.75, 3.05) is 31.6 Å². The third-order valence-electron chi connectivity index (χ3n) is 3.63. The Labute approximate surface area is 91.9 Å². The molecule has 2 atom stereocenters. The average molecular weight is 232 g/mol. The molecule has 0 bridgehead atoms. The fourth-order valence-electron chi connectivity index (χ4n) is 2.58. The molecule has 0 amide bonds. The summed E-state index contributed by atoms with van der Waals surface area (Å²) in [4.78, 5) is 2.27. The Kier molecular flexibility index (Phi) is 3.33. The standard InChI is InChI=1S/C10H20N2O2S/c1-12(9-3-2-5-11-7-9)10-4-6-15(13,14)8-10/h9-11H,2-8H2,1H3. The molecule has 2 fully saturated rings. The van der Waals surface area contributed by atoms with E-state index in [0.29, 0.717) is 17.5 Å². The molecule has 0 aromatic carbocycles. The van der Waals surface area contributed by atoms with Gasteiger partial charge in [-0.25, -0.2) is 8.42 Å². The lowest BCUT2D eigenvalue weighted by molar-refractivity contribution is 0.158. The van der Waals surface area contributed by atoms with E-state index < -0.39 is 9.84 Å².